The van der Waals surface area contributed by atoms with Gasteiger partial charge in [0.25, 0.3) is 5.91 Å². The van der Waals surface area contributed by atoms with E-state index in [0.717, 1.165) is 12.8 Å². The highest BCUT2D eigenvalue weighted by molar-refractivity contribution is 5.94. The van der Waals surface area contributed by atoms with Crippen LogP contribution in [0.3, 0.4) is 0 Å². The third kappa shape index (κ3) is 3.28. The van der Waals surface area contributed by atoms with E-state index in [-0.39, 0.29) is 18.0 Å². The average Bonchev–Trinajstić information content (AvgIpc) is 2.93. The van der Waals surface area contributed by atoms with Crippen LogP contribution in [0.5, 0.6) is 0 Å². The monoisotopic (exact) mass is 313 g/mol. The van der Waals surface area contributed by atoms with E-state index in [1.54, 1.807) is 6.92 Å². The molecule has 2 N–H and O–H groups in total. The zero-order valence-corrected chi connectivity index (χ0v) is 13.0. The van der Waals surface area contributed by atoms with E-state index in [0.29, 0.717) is 17.1 Å². The van der Waals surface area contributed by atoms with Gasteiger partial charge in [0.05, 0.1) is 6.54 Å². The van der Waals surface area contributed by atoms with Gasteiger partial charge >= 0.3 is 5.97 Å². The molecular formula is C18H19NO4. The first-order valence-corrected chi connectivity index (χ1v) is 7.77. The molecule has 0 radical (unpaired) electrons. The fourth-order valence-electron chi connectivity index (χ4n) is 2.99. The van der Waals surface area contributed by atoms with Gasteiger partial charge in [0, 0.05) is 5.56 Å². The number of furan rings is 1. The van der Waals surface area contributed by atoms with Crippen LogP contribution in [0, 0.1) is 6.92 Å². The minimum absolute atomic E-state index is 0.128. The van der Waals surface area contributed by atoms with E-state index in [1.165, 1.54) is 30.0 Å². The number of carboxylic acids is 1. The molecule has 1 heterocycles. The Bertz CT molecular complexity index is 760. The first kappa shape index (κ1) is 15.3. The summed E-state index contributed by atoms with van der Waals surface area (Å²) in [5.41, 5.74) is 3.35. The van der Waals surface area contributed by atoms with Gasteiger partial charge in [0.1, 0.15) is 17.1 Å². The summed E-state index contributed by atoms with van der Waals surface area (Å²) in [6, 6.07) is 7.28. The zero-order chi connectivity index (χ0) is 16.4. The van der Waals surface area contributed by atoms with Crippen molar-refractivity contribution in [1.29, 1.82) is 0 Å². The topological polar surface area (TPSA) is 79.5 Å². The van der Waals surface area contributed by atoms with E-state index in [9.17, 15) is 9.59 Å². The van der Waals surface area contributed by atoms with Crippen molar-refractivity contribution in [2.75, 3.05) is 0 Å². The zero-order valence-electron chi connectivity index (χ0n) is 13.0. The SMILES string of the molecule is Cc1oc(CNC(=O)c2ccc3c(c2)CCCC3)cc1C(=O)O. The summed E-state index contributed by atoms with van der Waals surface area (Å²) in [4.78, 5) is 23.2. The Balaban J connectivity index is 1.67. The van der Waals surface area contributed by atoms with Crippen LogP contribution in [0.4, 0.5) is 0 Å². The van der Waals surface area contributed by atoms with Crippen molar-refractivity contribution in [3.05, 3.63) is 58.0 Å². The molecule has 23 heavy (non-hydrogen) atoms. The van der Waals surface area contributed by atoms with Crippen molar-refractivity contribution in [3.8, 4) is 0 Å². The highest BCUT2D eigenvalue weighted by Crippen LogP contribution is 2.22. The summed E-state index contributed by atoms with van der Waals surface area (Å²) >= 11 is 0. The van der Waals surface area contributed by atoms with E-state index < -0.39 is 5.97 Å². The van der Waals surface area contributed by atoms with Crippen molar-refractivity contribution in [2.45, 2.75) is 39.2 Å². The van der Waals surface area contributed by atoms with Gasteiger partial charge < -0.3 is 14.8 Å². The number of amides is 1. The lowest BCUT2D eigenvalue weighted by Gasteiger charge is -2.16. The molecule has 0 aliphatic heterocycles. The van der Waals surface area contributed by atoms with E-state index in [1.807, 2.05) is 18.2 Å². The van der Waals surface area contributed by atoms with Gasteiger partial charge in [-0.3, -0.25) is 4.79 Å². The van der Waals surface area contributed by atoms with Crippen molar-refractivity contribution in [3.63, 3.8) is 0 Å². The summed E-state index contributed by atoms with van der Waals surface area (Å²) < 4.78 is 5.36. The number of nitrogens with one attached hydrogen (secondary N) is 1. The number of carbonyl (C=O) groups is 2. The van der Waals surface area contributed by atoms with Crippen molar-refractivity contribution < 1.29 is 19.1 Å². The Morgan fingerprint density at radius 1 is 1.17 bits per heavy atom. The minimum atomic E-state index is -1.03. The number of carboxylic acid groups (broad SMARTS) is 1. The maximum Gasteiger partial charge on any atom is 0.339 e. The molecule has 2 aromatic rings. The van der Waals surface area contributed by atoms with Crippen molar-refractivity contribution >= 4 is 11.9 Å². The Morgan fingerprint density at radius 3 is 2.61 bits per heavy atom. The molecule has 5 heteroatoms. The maximum absolute atomic E-state index is 12.3. The van der Waals surface area contributed by atoms with Gasteiger partial charge in [-0.2, -0.15) is 0 Å². The standard InChI is InChI=1S/C18H19NO4/c1-11-16(18(21)22)9-15(23-11)10-19-17(20)14-7-6-12-4-2-3-5-13(12)8-14/h6-9H,2-5,10H2,1H3,(H,19,20)(H,21,22). The molecule has 1 aromatic heterocycles. The van der Waals surface area contributed by atoms with Gasteiger partial charge in [-0.1, -0.05) is 6.07 Å². The number of hydrogen-bond donors (Lipinski definition) is 2. The molecule has 0 fully saturated rings. The van der Waals surface area contributed by atoms with Gasteiger partial charge in [0.15, 0.2) is 0 Å². The lowest BCUT2D eigenvalue weighted by atomic mass is 9.90. The van der Waals surface area contributed by atoms with Crippen LogP contribution in [0.1, 0.15) is 56.2 Å². The molecule has 120 valence electrons. The number of fused-ring (bicyclic) bond motifs is 1. The molecule has 0 saturated carbocycles. The Labute approximate surface area is 134 Å². The molecule has 0 bridgehead atoms. The molecule has 1 aliphatic carbocycles. The largest absolute Gasteiger partial charge is 0.478 e. The summed E-state index contributed by atoms with van der Waals surface area (Å²) in [7, 11) is 0. The first-order valence-electron chi connectivity index (χ1n) is 7.77. The van der Waals surface area contributed by atoms with Crippen LogP contribution in [-0.4, -0.2) is 17.0 Å². The molecule has 0 atom stereocenters. The number of benzene rings is 1. The van der Waals surface area contributed by atoms with Crippen LogP contribution in [-0.2, 0) is 19.4 Å². The second kappa shape index (κ2) is 6.28. The molecule has 5 nitrogen and oxygen atoms in total. The normalized spacial score (nSPS) is 13.4. The second-order valence-corrected chi connectivity index (χ2v) is 5.86. The summed E-state index contributed by atoms with van der Waals surface area (Å²) in [6.45, 7) is 1.77. The van der Waals surface area contributed by atoms with Crippen LogP contribution in [0.25, 0.3) is 0 Å². The smallest absolute Gasteiger partial charge is 0.339 e. The van der Waals surface area contributed by atoms with E-state index in [2.05, 4.69) is 5.32 Å². The molecule has 0 saturated heterocycles. The number of aromatic carboxylic acids is 1. The summed E-state index contributed by atoms with van der Waals surface area (Å²) in [5.74, 6) is -0.426. The molecule has 1 amide bonds. The lowest BCUT2D eigenvalue weighted by Crippen LogP contribution is -2.23. The predicted molar refractivity (Wildman–Crippen MR) is 84.7 cm³/mol. The molecule has 3 rings (SSSR count). The van der Waals surface area contributed by atoms with E-state index in [4.69, 9.17) is 9.52 Å². The highest BCUT2D eigenvalue weighted by atomic mass is 16.4. The van der Waals surface area contributed by atoms with Crippen molar-refractivity contribution in [1.82, 2.24) is 5.32 Å². The first-order chi connectivity index (χ1) is 11.0. The van der Waals surface area contributed by atoms with Crippen LogP contribution in [0.15, 0.2) is 28.7 Å². The number of aryl methyl sites for hydroxylation is 3. The molecule has 1 aliphatic rings. The molecule has 0 spiro atoms. The minimum Gasteiger partial charge on any atom is -0.478 e. The molecular weight excluding hydrogens is 294 g/mol. The molecule has 1 aromatic carbocycles. The number of carbonyl (C=O) groups excluding carboxylic acids is 1. The molecule has 0 unspecified atom stereocenters. The fourth-order valence-corrected chi connectivity index (χ4v) is 2.99. The summed E-state index contributed by atoms with van der Waals surface area (Å²) in [5, 5.41) is 11.8. The Kier molecular flexibility index (Phi) is 4.19. The van der Waals surface area contributed by atoms with Gasteiger partial charge in [0.2, 0.25) is 0 Å². The van der Waals surface area contributed by atoms with Gasteiger partial charge in [-0.15, -0.1) is 0 Å². The lowest BCUT2D eigenvalue weighted by molar-refractivity contribution is 0.0694. The second-order valence-electron chi connectivity index (χ2n) is 5.86. The van der Waals surface area contributed by atoms with Gasteiger partial charge in [-0.25, -0.2) is 4.79 Å². The maximum atomic E-state index is 12.3. The van der Waals surface area contributed by atoms with Crippen LogP contribution < -0.4 is 5.32 Å². The predicted octanol–water partition coefficient (Wildman–Crippen LogP) is 3.10. The third-order valence-corrected chi connectivity index (χ3v) is 4.23. The van der Waals surface area contributed by atoms with Crippen molar-refractivity contribution in [2.24, 2.45) is 0 Å². The Morgan fingerprint density at radius 2 is 1.91 bits per heavy atom. The van der Waals surface area contributed by atoms with Crippen LogP contribution in [0.2, 0.25) is 0 Å². The highest BCUT2D eigenvalue weighted by Gasteiger charge is 2.16. The number of rotatable bonds is 4. The fraction of sp³-hybridized carbons (Fsp3) is 0.333. The Hall–Kier alpha value is -2.56. The van der Waals surface area contributed by atoms with Gasteiger partial charge in [-0.05, 0) is 61.9 Å². The number of hydrogen-bond acceptors (Lipinski definition) is 3. The van der Waals surface area contributed by atoms with E-state index >= 15 is 0 Å². The third-order valence-electron chi connectivity index (χ3n) is 4.23. The average molecular weight is 313 g/mol. The quantitative estimate of drug-likeness (QED) is 0.909. The van der Waals surface area contributed by atoms with Crippen LogP contribution >= 0.6 is 0 Å². The summed E-state index contributed by atoms with van der Waals surface area (Å²) in [6.07, 6.45) is 4.49.